The number of thioether (sulfide) groups is 1. The van der Waals surface area contributed by atoms with Gasteiger partial charge in [0.2, 0.25) is 10.0 Å². The van der Waals surface area contributed by atoms with E-state index in [1.165, 1.54) is 39.0 Å². The molecule has 0 unspecified atom stereocenters. The molecule has 38 heavy (non-hydrogen) atoms. The molecular formula is C27H41N5O4S2. The molecule has 3 rings (SSSR count). The second kappa shape index (κ2) is 13.1. The number of carbonyl (C=O) groups is 2. The first-order chi connectivity index (χ1) is 18.0. The average Bonchev–Trinajstić information content (AvgIpc) is 3.16. The molecule has 0 radical (unpaired) electrons. The Morgan fingerprint density at radius 1 is 1.18 bits per heavy atom. The molecule has 0 saturated carbocycles. The molecule has 2 heterocycles. The number of aliphatic imine (C=N–C) groups is 1. The monoisotopic (exact) mass is 563 g/mol. The lowest BCUT2D eigenvalue weighted by Crippen LogP contribution is -2.50. The van der Waals surface area contributed by atoms with Gasteiger partial charge in [0.1, 0.15) is 11.4 Å². The first kappa shape index (κ1) is 30.2. The molecule has 2 aliphatic heterocycles. The van der Waals surface area contributed by atoms with Crippen LogP contribution in [0.2, 0.25) is 0 Å². The summed E-state index contributed by atoms with van der Waals surface area (Å²) in [6.45, 7) is 6.40. The number of carbonyl (C=O) groups excluding carboxylic acids is 2. The van der Waals surface area contributed by atoms with Crippen molar-refractivity contribution in [2.24, 2.45) is 10.7 Å². The predicted octanol–water partition coefficient (Wildman–Crippen LogP) is 4.19. The molecule has 9 nitrogen and oxygen atoms in total. The number of amidine groups is 1. The Bertz CT molecular complexity index is 1160. The zero-order valence-electron chi connectivity index (χ0n) is 23.0. The Morgan fingerprint density at radius 2 is 1.84 bits per heavy atom. The van der Waals surface area contributed by atoms with Crippen molar-refractivity contribution in [2.75, 3.05) is 36.5 Å². The van der Waals surface area contributed by atoms with Crippen LogP contribution in [-0.2, 0) is 14.8 Å². The molecule has 3 N–H and O–H groups in total. The van der Waals surface area contributed by atoms with Crippen LogP contribution < -0.4 is 16.0 Å². The number of unbranched alkanes of at least 4 members (excludes halogenated alkanes) is 2. The van der Waals surface area contributed by atoms with Gasteiger partial charge in [0.05, 0.1) is 0 Å². The predicted molar refractivity (Wildman–Crippen MR) is 157 cm³/mol. The number of rotatable bonds is 12. The van der Waals surface area contributed by atoms with Crippen LogP contribution in [0.25, 0.3) is 6.08 Å². The Balaban J connectivity index is 1.58. The van der Waals surface area contributed by atoms with E-state index in [9.17, 15) is 18.0 Å². The van der Waals surface area contributed by atoms with Crippen LogP contribution in [0.15, 0.2) is 22.5 Å². The number of nitrogens with zero attached hydrogens (tertiary/aromatic N) is 3. The molecule has 11 heteroatoms. The van der Waals surface area contributed by atoms with Gasteiger partial charge < -0.3 is 11.1 Å². The summed E-state index contributed by atoms with van der Waals surface area (Å²) < 4.78 is 27.6. The number of nitrogens with two attached hydrogens (primary N) is 1. The Kier molecular flexibility index (Phi) is 10.4. The highest BCUT2D eigenvalue weighted by Crippen LogP contribution is 2.32. The maximum atomic E-state index is 13.1. The normalized spacial score (nSPS) is 17.7. The smallest absolute Gasteiger partial charge is 0.318 e. The van der Waals surface area contributed by atoms with Crippen LogP contribution in [-0.4, -0.2) is 67.7 Å². The van der Waals surface area contributed by atoms with Gasteiger partial charge in [-0.1, -0.05) is 13.3 Å². The highest BCUT2D eigenvalue weighted by Gasteiger charge is 2.46. The lowest BCUT2D eigenvalue weighted by molar-refractivity contribution is -0.124. The molecule has 1 aromatic rings. The third-order valence-electron chi connectivity index (χ3n) is 7.19. The van der Waals surface area contributed by atoms with Gasteiger partial charge in [-0.15, -0.1) is 0 Å². The lowest BCUT2D eigenvalue weighted by atomic mass is 9.89. The number of nitrogens with one attached hydrogen (secondary N) is 1. The first-order valence-electron chi connectivity index (χ1n) is 13.3. The van der Waals surface area contributed by atoms with E-state index >= 15 is 0 Å². The fourth-order valence-corrected chi connectivity index (χ4v) is 6.92. The van der Waals surface area contributed by atoms with Crippen molar-refractivity contribution in [1.82, 2.24) is 9.62 Å². The van der Waals surface area contributed by atoms with Crippen LogP contribution in [0.4, 0.5) is 10.5 Å². The van der Waals surface area contributed by atoms with Crippen molar-refractivity contribution in [1.29, 1.82) is 0 Å². The molecule has 1 saturated heterocycles. The van der Waals surface area contributed by atoms with Gasteiger partial charge in [0, 0.05) is 37.7 Å². The second-order valence-corrected chi connectivity index (χ2v) is 13.1. The van der Waals surface area contributed by atoms with Crippen LogP contribution in [0.3, 0.4) is 0 Å². The molecule has 3 amide bonds. The average molecular weight is 564 g/mol. The lowest BCUT2D eigenvalue weighted by Gasteiger charge is -2.34. The maximum Gasteiger partial charge on any atom is 0.318 e. The number of primary amides is 1. The molecule has 0 aromatic heterocycles. The van der Waals surface area contributed by atoms with Gasteiger partial charge in [-0.25, -0.2) is 13.2 Å². The number of sulfonamides is 1. The number of urea groups is 1. The van der Waals surface area contributed by atoms with Gasteiger partial charge in [0.15, 0.2) is 0 Å². The summed E-state index contributed by atoms with van der Waals surface area (Å²) in [6, 6.07) is 3.03. The van der Waals surface area contributed by atoms with E-state index in [2.05, 4.69) is 12.2 Å². The van der Waals surface area contributed by atoms with Gasteiger partial charge in [-0.2, -0.15) is 16.1 Å². The summed E-state index contributed by atoms with van der Waals surface area (Å²) in [5.41, 5.74) is 7.61. The number of amides is 3. The van der Waals surface area contributed by atoms with E-state index in [1.54, 1.807) is 25.3 Å². The summed E-state index contributed by atoms with van der Waals surface area (Å²) in [5, 5.41) is 4.17. The largest absolute Gasteiger partial charge is 0.351 e. The van der Waals surface area contributed by atoms with E-state index in [0.717, 1.165) is 41.8 Å². The fourth-order valence-electron chi connectivity index (χ4n) is 4.85. The van der Waals surface area contributed by atoms with Crippen molar-refractivity contribution in [2.45, 2.75) is 71.3 Å². The van der Waals surface area contributed by atoms with E-state index < -0.39 is 21.6 Å². The third-order valence-corrected chi connectivity index (χ3v) is 10.0. The quantitative estimate of drug-likeness (QED) is 0.369. The topological polar surface area (TPSA) is 125 Å². The summed E-state index contributed by atoms with van der Waals surface area (Å²) in [6.07, 6.45) is 7.57. The zero-order valence-corrected chi connectivity index (χ0v) is 24.6. The van der Waals surface area contributed by atoms with Gasteiger partial charge >= 0.3 is 6.03 Å². The summed E-state index contributed by atoms with van der Waals surface area (Å²) in [4.78, 5) is 30.4. The molecule has 0 atom stereocenters. The standard InChI is InChI=1S/C27H41N5O4S2/c1-5-15-37-16-8-6-7-9-24-29-25(33)27(30-24)11-13-32(14-12-27)38(35,36)17-10-23-20(2)18-22(19-21(23)3)31(4)26(28)34/h10,17-19H,5-9,11-16H2,1-4H3,(H2,28,34)(H,29,30,33). The Hall–Kier alpha value is -2.37. The molecular weight excluding hydrogens is 522 g/mol. The molecule has 0 aliphatic carbocycles. The minimum Gasteiger partial charge on any atom is -0.351 e. The Morgan fingerprint density at radius 3 is 2.45 bits per heavy atom. The first-order valence-corrected chi connectivity index (χ1v) is 16.0. The van der Waals surface area contributed by atoms with Crippen LogP contribution in [0, 0.1) is 13.8 Å². The van der Waals surface area contributed by atoms with Crippen molar-refractivity contribution in [3.8, 4) is 0 Å². The number of hydrogen-bond acceptors (Lipinski definition) is 6. The van der Waals surface area contributed by atoms with E-state index in [0.29, 0.717) is 18.5 Å². The van der Waals surface area contributed by atoms with E-state index in [4.69, 9.17) is 10.7 Å². The fraction of sp³-hybridized carbons (Fsp3) is 0.593. The van der Waals surface area contributed by atoms with Crippen LogP contribution in [0.5, 0.6) is 0 Å². The SMILES string of the molecule is CCCSCCCCCC1=NC2(CCN(S(=O)(=O)C=Cc3c(C)cc(N(C)C(N)=O)cc3C)CC2)C(=O)N1. The maximum absolute atomic E-state index is 13.1. The van der Waals surface area contributed by atoms with Gasteiger partial charge in [-0.05, 0) is 92.4 Å². The van der Waals surface area contributed by atoms with Crippen molar-refractivity contribution in [3.63, 3.8) is 0 Å². The number of benzene rings is 1. The number of aryl methyl sites for hydroxylation is 2. The van der Waals surface area contributed by atoms with Crippen molar-refractivity contribution < 1.29 is 18.0 Å². The zero-order chi connectivity index (χ0) is 27.9. The summed E-state index contributed by atoms with van der Waals surface area (Å²) >= 11 is 1.99. The highest BCUT2D eigenvalue weighted by atomic mass is 32.2. The van der Waals surface area contributed by atoms with Gasteiger partial charge in [0.25, 0.3) is 5.91 Å². The van der Waals surface area contributed by atoms with E-state index in [1.807, 2.05) is 25.6 Å². The van der Waals surface area contributed by atoms with Crippen LogP contribution >= 0.6 is 11.8 Å². The highest BCUT2D eigenvalue weighted by molar-refractivity contribution is 7.99. The van der Waals surface area contributed by atoms with Gasteiger partial charge in [-0.3, -0.25) is 14.7 Å². The third kappa shape index (κ3) is 7.39. The summed E-state index contributed by atoms with van der Waals surface area (Å²) in [5.74, 6) is 3.01. The Labute approximate surface area is 231 Å². The minimum absolute atomic E-state index is 0.106. The molecule has 0 bridgehead atoms. The molecule has 210 valence electrons. The number of anilines is 1. The second-order valence-electron chi connectivity index (χ2n) is 10.1. The summed E-state index contributed by atoms with van der Waals surface area (Å²) in [7, 11) is -2.08. The van der Waals surface area contributed by atoms with Crippen molar-refractivity contribution in [3.05, 3.63) is 34.2 Å². The molecule has 1 aromatic carbocycles. The minimum atomic E-state index is -3.67. The molecule has 1 fully saturated rings. The molecule has 1 spiro atoms. The number of hydrogen-bond donors (Lipinski definition) is 2. The molecule has 2 aliphatic rings. The van der Waals surface area contributed by atoms with E-state index in [-0.39, 0.29) is 19.0 Å². The van der Waals surface area contributed by atoms with Crippen LogP contribution in [0.1, 0.15) is 68.6 Å². The van der Waals surface area contributed by atoms with Crippen molar-refractivity contribution >= 4 is 51.3 Å². The number of piperidine rings is 1.